The molecule has 0 radical (unpaired) electrons. The summed E-state index contributed by atoms with van der Waals surface area (Å²) < 4.78 is 0. The highest BCUT2D eigenvalue weighted by Gasteiger charge is 2.23. The number of piperidine rings is 1. The Morgan fingerprint density at radius 2 is 2.00 bits per heavy atom. The lowest BCUT2D eigenvalue weighted by Gasteiger charge is -2.33. The van der Waals surface area contributed by atoms with Crippen LogP contribution in [0, 0.1) is 18.3 Å². The molecular weight excluding hydrogens is 298 g/mol. The van der Waals surface area contributed by atoms with Gasteiger partial charge in [-0.2, -0.15) is 5.26 Å². The molecule has 2 heterocycles. The van der Waals surface area contributed by atoms with Gasteiger partial charge >= 0.3 is 0 Å². The topological polar surface area (TPSA) is 60.1 Å². The predicted octanol–water partition coefficient (Wildman–Crippen LogP) is 3.17. The van der Waals surface area contributed by atoms with E-state index in [-0.39, 0.29) is 0 Å². The fourth-order valence-corrected chi connectivity index (χ4v) is 3.43. The number of nitrogens with zero attached hydrogens (tertiary/aromatic N) is 3. The lowest BCUT2D eigenvalue weighted by molar-refractivity contribution is 0.0965. The smallest absolute Gasteiger partial charge is 0.101 e. The number of nitriles is 1. The first-order valence-corrected chi connectivity index (χ1v) is 8.49. The van der Waals surface area contributed by atoms with Crippen LogP contribution in [0.5, 0.6) is 0 Å². The molecule has 0 aliphatic carbocycles. The van der Waals surface area contributed by atoms with E-state index in [1.165, 1.54) is 0 Å². The van der Waals surface area contributed by atoms with E-state index in [1.54, 1.807) is 6.20 Å². The Labute approximate surface area is 143 Å². The molecule has 1 aliphatic rings. The molecule has 2 aromatic rings. The Morgan fingerprint density at radius 1 is 1.25 bits per heavy atom. The average molecular weight is 321 g/mol. The molecule has 1 N–H and O–H groups in total. The third-order valence-corrected chi connectivity index (χ3v) is 4.90. The molecule has 4 heteroatoms. The molecule has 0 spiro atoms. The van der Waals surface area contributed by atoms with Gasteiger partial charge in [0.25, 0.3) is 0 Å². The van der Waals surface area contributed by atoms with Gasteiger partial charge in [0.15, 0.2) is 0 Å². The van der Waals surface area contributed by atoms with Gasteiger partial charge in [0, 0.05) is 24.4 Å². The highest BCUT2D eigenvalue weighted by molar-refractivity contribution is 5.28. The van der Waals surface area contributed by atoms with Crippen molar-refractivity contribution < 1.29 is 5.11 Å². The molecule has 1 saturated heterocycles. The van der Waals surface area contributed by atoms with Crippen molar-refractivity contribution in [3.05, 3.63) is 65.0 Å². The van der Waals surface area contributed by atoms with Gasteiger partial charge in [0.05, 0.1) is 11.7 Å². The van der Waals surface area contributed by atoms with Gasteiger partial charge in [-0.25, -0.2) is 0 Å². The van der Waals surface area contributed by atoms with Crippen LogP contribution in [0.15, 0.2) is 42.6 Å². The summed E-state index contributed by atoms with van der Waals surface area (Å²) in [6, 6.07) is 14.0. The monoisotopic (exact) mass is 321 g/mol. The van der Waals surface area contributed by atoms with Gasteiger partial charge in [-0.3, -0.25) is 4.98 Å². The first-order chi connectivity index (χ1) is 11.7. The van der Waals surface area contributed by atoms with E-state index < -0.39 is 6.10 Å². The Bertz CT molecular complexity index is 712. The minimum Gasteiger partial charge on any atom is -0.387 e. The summed E-state index contributed by atoms with van der Waals surface area (Å²) in [4.78, 5) is 6.76. The zero-order valence-corrected chi connectivity index (χ0v) is 14.0. The van der Waals surface area contributed by atoms with E-state index >= 15 is 0 Å². The lowest BCUT2D eigenvalue weighted by atomic mass is 9.92. The van der Waals surface area contributed by atoms with Crippen molar-refractivity contribution in [3.8, 4) is 6.07 Å². The Balaban J connectivity index is 1.55. The number of hydrogen-bond donors (Lipinski definition) is 1. The molecule has 1 aliphatic heterocycles. The second-order valence-electron chi connectivity index (χ2n) is 6.53. The van der Waals surface area contributed by atoms with Gasteiger partial charge in [0.2, 0.25) is 0 Å². The van der Waals surface area contributed by atoms with E-state index in [2.05, 4.69) is 16.0 Å². The number of aliphatic hydroxyl groups excluding tert-OH is 1. The number of aromatic nitrogens is 1. The van der Waals surface area contributed by atoms with Crippen molar-refractivity contribution in [1.82, 2.24) is 9.88 Å². The molecule has 4 nitrogen and oxygen atoms in total. The number of benzene rings is 1. The molecule has 0 saturated carbocycles. The summed E-state index contributed by atoms with van der Waals surface area (Å²) >= 11 is 0. The molecule has 1 atom stereocenters. The molecule has 0 amide bonds. The fourth-order valence-electron chi connectivity index (χ4n) is 3.43. The van der Waals surface area contributed by atoms with Crippen LogP contribution < -0.4 is 0 Å². The lowest BCUT2D eigenvalue weighted by Crippen LogP contribution is -2.36. The molecule has 1 unspecified atom stereocenters. The van der Waals surface area contributed by atoms with Crippen LogP contribution in [-0.4, -0.2) is 34.6 Å². The molecule has 1 aromatic heterocycles. The van der Waals surface area contributed by atoms with Crippen molar-refractivity contribution in [2.75, 3.05) is 19.6 Å². The first kappa shape index (κ1) is 16.6. The molecule has 1 aromatic carbocycles. The Kier molecular flexibility index (Phi) is 5.24. The number of β-amino-alcohol motifs (C(OH)–C–C–N with tert-alkyl or cyclic N) is 1. The van der Waals surface area contributed by atoms with E-state index in [1.807, 2.05) is 43.3 Å². The van der Waals surface area contributed by atoms with Gasteiger partial charge in [-0.05, 0) is 56.1 Å². The molecule has 1 fully saturated rings. The van der Waals surface area contributed by atoms with E-state index in [4.69, 9.17) is 5.26 Å². The van der Waals surface area contributed by atoms with Crippen molar-refractivity contribution in [2.45, 2.75) is 31.8 Å². The second kappa shape index (κ2) is 7.57. The van der Waals surface area contributed by atoms with Crippen molar-refractivity contribution in [3.63, 3.8) is 0 Å². The van der Waals surface area contributed by atoms with Crippen molar-refractivity contribution >= 4 is 0 Å². The molecular formula is C20H23N3O. The zero-order valence-electron chi connectivity index (χ0n) is 14.0. The van der Waals surface area contributed by atoms with Gasteiger partial charge in [-0.15, -0.1) is 0 Å². The van der Waals surface area contributed by atoms with Crippen LogP contribution >= 0.6 is 0 Å². The number of aliphatic hydroxyl groups is 1. The van der Waals surface area contributed by atoms with Crippen molar-refractivity contribution in [2.24, 2.45) is 0 Å². The fraction of sp³-hybridized carbons (Fsp3) is 0.400. The van der Waals surface area contributed by atoms with Crippen LogP contribution in [0.4, 0.5) is 0 Å². The maximum atomic E-state index is 10.5. The molecule has 124 valence electrons. The summed E-state index contributed by atoms with van der Waals surface area (Å²) in [5, 5.41) is 19.4. The average Bonchev–Trinajstić information content (AvgIpc) is 2.63. The third-order valence-electron chi connectivity index (χ3n) is 4.90. The van der Waals surface area contributed by atoms with Crippen molar-refractivity contribution in [1.29, 1.82) is 5.26 Å². The number of rotatable bonds is 4. The van der Waals surface area contributed by atoms with Gasteiger partial charge in [-0.1, -0.05) is 24.3 Å². The number of pyridine rings is 1. The number of hydrogen-bond acceptors (Lipinski definition) is 4. The predicted molar refractivity (Wildman–Crippen MR) is 93.5 cm³/mol. The maximum Gasteiger partial charge on any atom is 0.101 e. The summed E-state index contributed by atoms with van der Waals surface area (Å²) in [7, 11) is 0. The van der Waals surface area contributed by atoms with Crippen LogP contribution in [-0.2, 0) is 0 Å². The molecule has 24 heavy (non-hydrogen) atoms. The summed E-state index contributed by atoms with van der Waals surface area (Å²) in [5.74, 6) is 0.449. The van der Waals surface area contributed by atoms with E-state index in [0.717, 1.165) is 42.8 Å². The number of likely N-dealkylation sites (tertiary alicyclic amines) is 1. The highest BCUT2D eigenvalue weighted by Crippen LogP contribution is 2.28. The summed E-state index contributed by atoms with van der Waals surface area (Å²) in [6.45, 7) is 4.66. The molecule has 3 rings (SSSR count). The standard InChI is InChI=1S/C20H23N3O/c1-15-4-2-3-5-18(15)20(24)14-23-10-8-17(9-11-23)19-7-6-16(12-21)13-22-19/h2-7,13,17,20,24H,8-11,14H2,1H3. The summed E-state index contributed by atoms with van der Waals surface area (Å²) in [5.41, 5.74) is 3.85. The Hall–Kier alpha value is -2.22. The van der Waals surface area contributed by atoms with Crippen LogP contribution in [0.3, 0.4) is 0 Å². The minimum atomic E-state index is -0.434. The Morgan fingerprint density at radius 3 is 2.62 bits per heavy atom. The minimum absolute atomic E-state index is 0.434. The van der Waals surface area contributed by atoms with Gasteiger partial charge < -0.3 is 10.0 Å². The van der Waals surface area contributed by atoms with Crippen LogP contribution in [0.2, 0.25) is 0 Å². The quantitative estimate of drug-likeness (QED) is 0.939. The van der Waals surface area contributed by atoms with E-state index in [9.17, 15) is 5.11 Å². The first-order valence-electron chi connectivity index (χ1n) is 8.49. The second-order valence-corrected chi connectivity index (χ2v) is 6.53. The number of aryl methyl sites for hydroxylation is 1. The highest BCUT2D eigenvalue weighted by atomic mass is 16.3. The van der Waals surface area contributed by atoms with Crippen LogP contribution in [0.1, 0.15) is 47.2 Å². The normalized spacial score (nSPS) is 17.4. The maximum absolute atomic E-state index is 10.5. The van der Waals surface area contributed by atoms with Gasteiger partial charge in [0.1, 0.15) is 6.07 Å². The molecule has 0 bridgehead atoms. The zero-order chi connectivity index (χ0) is 16.9. The summed E-state index contributed by atoms with van der Waals surface area (Å²) in [6.07, 6.45) is 3.30. The van der Waals surface area contributed by atoms with E-state index in [0.29, 0.717) is 18.0 Å². The van der Waals surface area contributed by atoms with Crippen LogP contribution in [0.25, 0.3) is 0 Å². The largest absolute Gasteiger partial charge is 0.387 e. The third kappa shape index (κ3) is 3.81. The SMILES string of the molecule is Cc1ccccc1C(O)CN1CCC(c2ccc(C#N)cn2)CC1.